The van der Waals surface area contributed by atoms with E-state index in [1.54, 1.807) is 23.9 Å². The Labute approximate surface area is 80.4 Å². The van der Waals surface area contributed by atoms with E-state index in [0.29, 0.717) is 5.65 Å². The van der Waals surface area contributed by atoms with Crippen molar-refractivity contribution in [1.82, 2.24) is 14.5 Å². The van der Waals surface area contributed by atoms with Gasteiger partial charge >= 0.3 is 0 Å². The second-order valence-electron chi connectivity index (χ2n) is 2.90. The number of aryl methyl sites for hydroxylation is 1. The third-order valence-electron chi connectivity index (χ3n) is 1.84. The van der Waals surface area contributed by atoms with Gasteiger partial charge in [0.2, 0.25) is 0 Å². The summed E-state index contributed by atoms with van der Waals surface area (Å²) in [5.74, 6) is 0. The zero-order valence-corrected chi connectivity index (χ0v) is 8.19. The van der Waals surface area contributed by atoms with E-state index < -0.39 is 10.0 Å². The molecule has 0 radical (unpaired) electrons. The third kappa shape index (κ3) is 1.36. The van der Waals surface area contributed by atoms with E-state index in [2.05, 4.69) is 9.97 Å². The van der Waals surface area contributed by atoms with Crippen LogP contribution >= 0.6 is 0 Å². The molecule has 0 amide bonds. The van der Waals surface area contributed by atoms with Crippen molar-refractivity contribution in [3.05, 3.63) is 18.5 Å². The van der Waals surface area contributed by atoms with Crippen LogP contribution in [0.5, 0.6) is 0 Å². The maximum atomic E-state index is 11.0. The molecular weight excluding hydrogens is 204 g/mol. The minimum absolute atomic E-state index is 0.355. The number of aromatic nitrogens is 3. The Morgan fingerprint density at radius 3 is 2.86 bits per heavy atom. The van der Waals surface area contributed by atoms with Gasteiger partial charge < -0.3 is 4.57 Å². The molecule has 14 heavy (non-hydrogen) atoms. The summed E-state index contributed by atoms with van der Waals surface area (Å²) in [5.41, 5.74) is 0.545. The molecule has 2 heterocycles. The topological polar surface area (TPSA) is 90.9 Å². The number of nitrogens with zero attached hydrogens (tertiary/aromatic N) is 3. The summed E-state index contributed by atoms with van der Waals surface area (Å²) < 4.78 is 23.6. The molecule has 6 nitrogen and oxygen atoms in total. The molecular formula is C7H8N4O2S. The lowest BCUT2D eigenvalue weighted by molar-refractivity contribution is 0.589. The van der Waals surface area contributed by atoms with Crippen LogP contribution in [0.25, 0.3) is 11.0 Å². The van der Waals surface area contributed by atoms with Crippen molar-refractivity contribution in [1.29, 1.82) is 0 Å². The van der Waals surface area contributed by atoms with Gasteiger partial charge in [0.25, 0.3) is 15.2 Å². The molecule has 2 N–H and O–H groups in total. The lowest BCUT2D eigenvalue weighted by Gasteiger charge is -1.97. The predicted octanol–water partition coefficient (Wildman–Crippen LogP) is -0.384. The van der Waals surface area contributed by atoms with Gasteiger partial charge in [0.1, 0.15) is 5.65 Å². The number of nitrogens with two attached hydrogens (primary N) is 1. The van der Waals surface area contributed by atoms with E-state index in [1.807, 2.05) is 0 Å². The van der Waals surface area contributed by atoms with Crippen LogP contribution in [0.1, 0.15) is 0 Å². The Kier molecular flexibility index (Phi) is 1.79. The Morgan fingerprint density at radius 2 is 2.21 bits per heavy atom. The first-order valence-electron chi connectivity index (χ1n) is 3.79. The van der Waals surface area contributed by atoms with Crippen molar-refractivity contribution in [3.63, 3.8) is 0 Å². The van der Waals surface area contributed by atoms with Crippen LogP contribution in [0.4, 0.5) is 0 Å². The van der Waals surface area contributed by atoms with Crippen LogP contribution in [0.3, 0.4) is 0 Å². The Morgan fingerprint density at radius 1 is 1.50 bits per heavy atom. The van der Waals surface area contributed by atoms with Crippen LogP contribution in [-0.2, 0) is 17.1 Å². The normalized spacial score (nSPS) is 12.1. The number of fused-ring (bicyclic) bond motifs is 1. The van der Waals surface area contributed by atoms with Gasteiger partial charge in [0.15, 0.2) is 0 Å². The minimum atomic E-state index is -3.82. The molecule has 0 saturated carbocycles. The first-order valence-corrected chi connectivity index (χ1v) is 5.34. The molecule has 0 aliphatic rings. The minimum Gasteiger partial charge on any atom is -0.335 e. The third-order valence-corrected chi connectivity index (χ3v) is 2.55. The quantitative estimate of drug-likeness (QED) is 0.652. The van der Waals surface area contributed by atoms with Crippen molar-refractivity contribution in [3.8, 4) is 0 Å². The Bertz CT molecular complexity index is 587. The van der Waals surface area contributed by atoms with Crippen LogP contribution in [-0.4, -0.2) is 23.0 Å². The second-order valence-corrected chi connectivity index (χ2v) is 4.36. The van der Waals surface area contributed by atoms with Gasteiger partial charge in [-0.1, -0.05) is 0 Å². The van der Waals surface area contributed by atoms with Gasteiger partial charge in [-0.15, -0.1) is 0 Å². The molecule has 0 aliphatic carbocycles. The fourth-order valence-corrected chi connectivity index (χ4v) is 1.58. The van der Waals surface area contributed by atoms with E-state index in [4.69, 9.17) is 5.14 Å². The SMILES string of the molecule is Cn1ccc2cnc(S(N)(=O)=O)nc21. The van der Waals surface area contributed by atoms with Gasteiger partial charge in [-0.3, -0.25) is 0 Å². The number of hydrogen-bond donors (Lipinski definition) is 1. The van der Waals surface area contributed by atoms with Crippen LogP contribution in [0.2, 0.25) is 0 Å². The molecule has 7 heteroatoms. The molecule has 0 aliphatic heterocycles. The first kappa shape index (κ1) is 9.10. The maximum absolute atomic E-state index is 11.0. The average molecular weight is 212 g/mol. The van der Waals surface area contributed by atoms with Gasteiger partial charge in [0, 0.05) is 24.8 Å². The maximum Gasteiger partial charge on any atom is 0.273 e. The van der Waals surface area contributed by atoms with Crippen molar-refractivity contribution >= 4 is 21.1 Å². The largest absolute Gasteiger partial charge is 0.335 e. The van der Waals surface area contributed by atoms with E-state index in [1.165, 1.54) is 6.20 Å². The van der Waals surface area contributed by atoms with E-state index in [9.17, 15) is 8.42 Å². The van der Waals surface area contributed by atoms with Gasteiger partial charge in [-0.05, 0) is 6.07 Å². The molecule has 74 valence electrons. The average Bonchev–Trinajstić information content (AvgIpc) is 2.46. The number of rotatable bonds is 1. The van der Waals surface area contributed by atoms with Crippen molar-refractivity contribution < 1.29 is 8.42 Å². The number of sulfonamides is 1. The molecule has 2 aromatic heterocycles. The van der Waals surface area contributed by atoms with Crippen molar-refractivity contribution in [2.45, 2.75) is 5.16 Å². The second kappa shape index (κ2) is 2.76. The van der Waals surface area contributed by atoms with Gasteiger partial charge in [-0.2, -0.15) is 4.98 Å². The number of hydrogen-bond acceptors (Lipinski definition) is 4. The highest BCUT2D eigenvalue weighted by atomic mass is 32.2. The van der Waals surface area contributed by atoms with Crippen molar-refractivity contribution in [2.24, 2.45) is 12.2 Å². The van der Waals surface area contributed by atoms with Crippen LogP contribution < -0.4 is 5.14 Å². The Hall–Kier alpha value is -1.47. The molecule has 0 saturated heterocycles. The summed E-state index contributed by atoms with van der Waals surface area (Å²) in [6, 6.07) is 1.79. The first-order chi connectivity index (χ1) is 6.48. The lowest BCUT2D eigenvalue weighted by Crippen LogP contribution is -2.16. The standard InChI is InChI=1S/C7H8N4O2S/c1-11-3-2-5-4-9-7(10-6(5)11)14(8,12)13/h2-4H,1H3,(H2,8,12,13). The summed E-state index contributed by atoms with van der Waals surface area (Å²) in [5, 5.41) is 5.33. The summed E-state index contributed by atoms with van der Waals surface area (Å²) in [6.45, 7) is 0. The van der Waals surface area contributed by atoms with E-state index in [-0.39, 0.29) is 5.16 Å². The summed E-state index contributed by atoms with van der Waals surface area (Å²) in [4.78, 5) is 7.50. The molecule has 0 bridgehead atoms. The molecule has 0 aromatic carbocycles. The van der Waals surface area contributed by atoms with Crippen molar-refractivity contribution in [2.75, 3.05) is 0 Å². The van der Waals surface area contributed by atoms with Crippen LogP contribution in [0.15, 0.2) is 23.6 Å². The molecule has 2 rings (SSSR count). The lowest BCUT2D eigenvalue weighted by atomic mass is 10.4. The zero-order chi connectivity index (χ0) is 10.3. The van der Waals surface area contributed by atoms with E-state index in [0.717, 1.165) is 5.39 Å². The molecule has 2 aromatic rings. The fourth-order valence-electron chi connectivity index (χ4n) is 1.17. The summed E-state index contributed by atoms with van der Waals surface area (Å²) in [7, 11) is -2.06. The summed E-state index contributed by atoms with van der Waals surface area (Å²) >= 11 is 0. The zero-order valence-electron chi connectivity index (χ0n) is 7.38. The Balaban J connectivity index is 2.79. The smallest absolute Gasteiger partial charge is 0.273 e. The fraction of sp³-hybridized carbons (Fsp3) is 0.143. The summed E-state index contributed by atoms with van der Waals surface area (Å²) in [6.07, 6.45) is 3.20. The molecule has 0 unspecified atom stereocenters. The highest BCUT2D eigenvalue weighted by molar-refractivity contribution is 7.89. The van der Waals surface area contributed by atoms with Crippen LogP contribution in [0, 0.1) is 0 Å². The molecule has 0 fully saturated rings. The monoisotopic (exact) mass is 212 g/mol. The van der Waals surface area contributed by atoms with Gasteiger partial charge in [0.05, 0.1) is 0 Å². The van der Waals surface area contributed by atoms with E-state index >= 15 is 0 Å². The number of primary sulfonamides is 1. The van der Waals surface area contributed by atoms with Gasteiger partial charge in [-0.25, -0.2) is 18.5 Å². The molecule has 0 spiro atoms. The predicted molar refractivity (Wildman–Crippen MR) is 49.9 cm³/mol. The highest BCUT2D eigenvalue weighted by Gasteiger charge is 2.12. The highest BCUT2D eigenvalue weighted by Crippen LogP contribution is 2.11. The molecule has 0 atom stereocenters.